The first-order valence-corrected chi connectivity index (χ1v) is 10.1. The highest BCUT2D eigenvalue weighted by atomic mass is 35.5. The fourth-order valence-electron chi connectivity index (χ4n) is 3.73. The van der Waals surface area contributed by atoms with Gasteiger partial charge in [0.1, 0.15) is 0 Å². The number of carbonyl (C=O) groups excluding carboxylic acids is 1. The van der Waals surface area contributed by atoms with Crippen molar-refractivity contribution in [3.63, 3.8) is 0 Å². The Bertz CT molecular complexity index is 1310. The van der Waals surface area contributed by atoms with E-state index in [1.54, 1.807) is 4.68 Å². The Labute approximate surface area is 180 Å². The molecular weight excluding hydrogens is 396 g/mol. The van der Waals surface area contributed by atoms with Crippen LogP contribution in [0.15, 0.2) is 42.5 Å². The first kappa shape index (κ1) is 20.1. The number of aromatic nitrogens is 3. The summed E-state index contributed by atoms with van der Waals surface area (Å²) in [5, 5.41) is 9.14. The number of carbonyl (C=O) groups is 1. The molecule has 0 fully saturated rings. The number of pyridine rings is 1. The standard InChI is InChI=1S/C24H23ClN4O/c1-13-9-10-20(14(2)11-13)27-24(30)18-12-15(3)26-23-22(18)17(5)28-29(23)21-8-6-7-19(25)16(21)4/h6-12H,1-5H3,(H,27,30). The smallest absolute Gasteiger partial charge is 0.256 e. The first-order chi connectivity index (χ1) is 14.3. The number of amides is 1. The second kappa shape index (κ2) is 7.58. The zero-order chi connectivity index (χ0) is 21.6. The molecule has 0 unspecified atom stereocenters. The summed E-state index contributed by atoms with van der Waals surface area (Å²) in [5.41, 5.74) is 7.41. The van der Waals surface area contributed by atoms with Crippen LogP contribution in [0.2, 0.25) is 5.02 Å². The highest BCUT2D eigenvalue weighted by Crippen LogP contribution is 2.29. The zero-order valence-electron chi connectivity index (χ0n) is 17.7. The van der Waals surface area contributed by atoms with Crippen LogP contribution >= 0.6 is 11.6 Å². The molecule has 2 heterocycles. The van der Waals surface area contributed by atoms with E-state index in [2.05, 4.69) is 5.32 Å². The molecule has 0 aliphatic rings. The van der Waals surface area contributed by atoms with Gasteiger partial charge in [0.25, 0.3) is 5.91 Å². The van der Waals surface area contributed by atoms with E-state index in [4.69, 9.17) is 21.7 Å². The minimum absolute atomic E-state index is 0.178. The van der Waals surface area contributed by atoms with Gasteiger partial charge in [-0.2, -0.15) is 5.10 Å². The van der Waals surface area contributed by atoms with Gasteiger partial charge in [-0.25, -0.2) is 9.67 Å². The third-order valence-corrected chi connectivity index (χ3v) is 5.69. The molecule has 0 aliphatic heterocycles. The molecule has 4 aromatic rings. The van der Waals surface area contributed by atoms with Crippen molar-refractivity contribution in [2.24, 2.45) is 0 Å². The fraction of sp³-hybridized carbons (Fsp3) is 0.208. The number of halogens is 1. The molecule has 6 heteroatoms. The van der Waals surface area contributed by atoms with Crippen LogP contribution in [0.1, 0.15) is 38.4 Å². The first-order valence-electron chi connectivity index (χ1n) is 9.77. The van der Waals surface area contributed by atoms with Crippen molar-refractivity contribution in [3.8, 4) is 5.69 Å². The van der Waals surface area contributed by atoms with Gasteiger partial charge in [-0.15, -0.1) is 0 Å². The van der Waals surface area contributed by atoms with E-state index in [9.17, 15) is 4.79 Å². The van der Waals surface area contributed by atoms with Gasteiger partial charge < -0.3 is 5.32 Å². The molecule has 4 rings (SSSR count). The number of benzene rings is 2. The topological polar surface area (TPSA) is 59.8 Å². The van der Waals surface area contributed by atoms with Crippen LogP contribution in [0.25, 0.3) is 16.7 Å². The molecule has 152 valence electrons. The van der Waals surface area contributed by atoms with Gasteiger partial charge >= 0.3 is 0 Å². The van der Waals surface area contributed by atoms with Crippen molar-refractivity contribution < 1.29 is 4.79 Å². The molecule has 0 aliphatic carbocycles. The monoisotopic (exact) mass is 418 g/mol. The summed E-state index contributed by atoms with van der Waals surface area (Å²) in [6.45, 7) is 9.74. The number of anilines is 1. The zero-order valence-corrected chi connectivity index (χ0v) is 18.4. The lowest BCUT2D eigenvalue weighted by atomic mass is 10.1. The van der Waals surface area contributed by atoms with Gasteiger partial charge in [0.2, 0.25) is 0 Å². The maximum absolute atomic E-state index is 13.2. The average molecular weight is 419 g/mol. The van der Waals surface area contributed by atoms with Crippen LogP contribution in [0.5, 0.6) is 0 Å². The Balaban J connectivity index is 1.86. The predicted octanol–water partition coefficient (Wildman–Crippen LogP) is 5.87. The van der Waals surface area contributed by atoms with Crippen molar-refractivity contribution in [1.82, 2.24) is 14.8 Å². The number of hydrogen-bond acceptors (Lipinski definition) is 3. The molecule has 5 nitrogen and oxygen atoms in total. The Kier molecular flexibility index (Phi) is 5.08. The lowest BCUT2D eigenvalue weighted by Gasteiger charge is -2.11. The lowest BCUT2D eigenvalue weighted by molar-refractivity contribution is 0.102. The Morgan fingerprint density at radius 1 is 1.03 bits per heavy atom. The molecule has 2 aromatic heterocycles. The van der Waals surface area contributed by atoms with E-state index >= 15 is 0 Å². The molecule has 0 spiro atoms. The number of rotatable bonds is 3. The number of aryl methyl sites for hydroxylation is 4. The second-order valence-corrected chi connectivity index (χ2v) is 8.07. The number of fused-ring (bicyclic) bond motifs is 1. The van der Waals surface area contributed by atoms with Crippen LogP contribution in [-0.2, 0) is 0 Å². The third kappa shape index (κ3) is 3.46. The summed E-state index contributed by atoms with van der Waals surface area (Å²) >= 11 is 6.33. The highest BCUT2D eigenvalue weighted by Gasteiger charge is 2.21. The molecular formula is C24H23ClN4O. The molecule has 0 radical (unpaired) electrons. The van der Waals surface area contributed by atoms with E-state index in [1.807, 2.05) is 77.1 Å². The van der Waals surface area contributed by atoms with Crippen molar-refractivity contribution >= 4 is 34.2 Å². The average Bonchev–Trinajstić information content (AvgIpc) is 3.01. The van der Waals surface area contributed by atoms with Crippen molar-refractivity contribution in [1.29, 1.82) is 0 Å². The van der Waals surface area contributed by atoms with Crippen LogP contribution in [0.4, 0.5) is 5.69 Å². The Hall–Kier alpha value is -3.18. The maximum atomic E-state index is 13.2. The van der Waals surface area contributed by atoms with E-state index < -0.39 is 0 Å². The third-order valence-electron chi connectivity index (χ3n) is 5.28. The minimum atomic E-state index is -0.178. The van der Waals surface area contributed by atoms with Gasteiger partial charge in [-0.1, -0.05) is 35.4 Å². The summed E-state index contributed by atoms with van der Waals surface area (Å²) in [4.78, 5) is 17.9. The molecule has 0 bridgehead atoms. The molecule has 1 N–H and O–H groups in total. The maximum Gasteiger partial charge on any atom is 0.256 e. The SMILES string of the molecule is Cc1ccc(NC(=O)c2cc(C)nc3c2c(C)nn3-c2cccc(Cl)c2C)c(C)c1. The van der Waals surface area contributed by atoms with Crippen LogP contribution in [-0.4, -0.2) is 20.7 Å². The molecule has 30 heavy (non-hydrogen) atoms. The van der Waals surface area contributed by atoms with Crippen LogP contribution < -0.4 is 5.32 Å². The van der Waals surface area contributed by atoms with Gasteiger partial charge in [0.05, 0.1) is 22.3 Å². The van der Waals surface area contributed by atoms with E-state index in [-0.39, 0.29) is 5.91 Å². The quantitative estimate of drug-likeness (QED) is 0.452. The van der Waals surface area contributed by atoms with Crippen molar-refractivity contribution in [2.75, 3.05) is 5.32 Å². The minimum Gasteiger partial charge on any atom is -0.322 e. The number of hydrogen-bond donors (Lipinski definition) is 1. The van der Waals surface area contributed by atoms with Gasteiger partial charge in [0.15, 0.2) is 5.65 Å². The summed E-state index contributed by atoms with van der Waals surface area (Å²) in [6, 6.07) is 13.5. The second-order valence-electron chi connectivity index (χ2n) is 7.66. The number of nitrogens with one attached hydrogen (secondary N) is 1. The van der Waals surface area contributed by atoms with E-state index in [1.165, 1.54) is 0 Å². The summed E-state index contributed by atoms with van der Waals surface area (Å²) in [5.74, 6) is -0.178. The van der Waals surface area contributed by atoms with Gasteiger partial charge in [0, 0.05) is 16.4 Å². The van der Waals surface area contributed by atoms with Crippen LogP contribution in [0.3, 0.4) is 0 Å². The summed E-state index contributed by atoms with van der Waals surface area (Å²) < 4.78 is 1.77. The van der Waals surface area contributed by atoms with Gasteiger partial charge in [-0.05, 0) is 70.0 Å². The predicted molar refractivity (Wildman–Crippen MR) is 122 cm³/mol. The van der Waals surface area contributed by atoms with E-state index in [0.29, 0.717) is 16.2 Å². The Morgan fingerprint density at radius 2 is 1.80 bits per heavy atom. The van der Waals surface area contributed by atoms with Crippen molar-refractivity contribution in [3.05, 3.63) is 81.1 Å². The Morgan fingerprint density at radius 3 is 2.53 bits per heavy atom. The lowest BCUT2D eigenvalue weighted by Crippen LogP contribution is -2.14. The molecule has 0 atom stereocenters. The van der Waals surface area contributed by atoms with Gasteiger partial charge in [-0.3, -0.25) is 4.79 Å². The van der Waals surface area contributed by atoms with Crippen molar-refractivity contribution in [2.45, 2.75) is 34.6 Å². The highest BCUT2D eigenvalue weighted by molar-refractivity contribution is 6.31. The number of nitrogens with zero attached hydrogens (tertiary/aromatic N) is 3. The van der Waals surface area contributed by atoms with Crippen LogP contribution in [0, 0.1) is 34.6 Å². The summed E-state index contributed by atoms with van der Waals surface area (Å²) in [6.07, 6.45) is 0. The van der Waals surface area contributed by atoms with E-state index in [0.717, 1.165) is 44.8 Å². The molecule has 1 amide bonds. The molecule has 2 aromatic carbocycles. The largest absolute Gasteiger partial charge is 0.322 e. The fourth-order valence-corrected chi connectivity index (χ4v) is 3.90. The summed E-state index contributed by atoms with van der Waals surface area (Å²) in [7, 11) is 0. The molecule has 0 saturated carbocycles. The molecule has 0 saturated heterocycles. The normalized spacial score (nSPS) is 11.1.